The van der Waals surface area contributed by atoms with E-state index >= 15 is 0 Å². The van der Waals surface area contributed by atoms with E-state index in [4.69, 9.17) is 4.74 Å². The number of aromatic amines is 1. The van der Waals surface area contributed by atoms with Crippen LogP contribution in [0.1, 0.15) is 28.9 Å². The molecule has 1 aromatic carbocycles. The fourth-order valence-corrected chi connectivity index (χ4v) is 2.13. The van der Waals surface area contributed by atoms with E-state index in [0.29, 0.717) is 17.9 Å². The molecule has 0 radical (unpaired) electrons. The van der Waals surface area contributed by atoms with Crippen LogP contribution >= 0.6 is 0 Å². The second kappa shape index (κ2) is 7.55. The number of ether oxygens (including phenoxy) is 1. The number of H-pyrrole nitrogens is 1. The lowest BCUT2D eigenvalue weighted by Crippen LogP contribution is -2.34. The molecule has 0 saturated carbocycles. The van der Waals surface area contributed by atoms with Crippen molar-refractivity contribution in [3.63, 3.8) is 0 Å². The van der Waals surface area contributed by atoms with Gasteiger partial charge in [-0.2, -0.15) is 0 Å². The third kappa shape index (κ3) is 4.17. The number of amides is 1. The van der Waals surface area contributed by atoms with Gasteiger partial charge in [0.25, 0.3) is 11.5 Å². The van der Waals surface area contributed by atoms with Crippen molar-refractivity contribution >= 4 is 5.91 Å². The van der Waals surface area contributed by atoms with E-state index in [1.54, 1.807) is 24.3 Å². The van der Waals surface area contributed by atoms with Crippen LogP contribution in [0.3, 0.4) is 0 Å². The molecular formula is C16H19N3O4. The highest BCUT2D eigenvalue weighted by molar-refractivity contribution is 5.93. The Bertz CT molecular complexity index is 729. The maximum absolute atomic E-state index is 12.2. The summed E-state index contributed by atoms with van der Waals surface area (Å²) in [6.45, 7) is 2.45. The summed E-state index contributed by atoms with van der Waals surface area (Å²) in [5, 5.41) is 10.3. The SMILES string of the molecule is CCOc1cccc([C@@H](O)CN(C)C(=O)c2cnc[nH]c2=O)c1. The Hall–Kier alpha value is -2.67. The van der Waals surface area contributed by atoms with E-state index in [1.165, 1.54) is 24.5 Å². The smallest absolute Gasteiger partial charge is 0.263 e. The Morgan fingerprint density at radius 2 is 2.26 bits per heavy atom. The summed E-state index contributed by atoms with van der Waals surface area (Å²) in [6.07, 6.45) is 1.53. The van der Waals surface area contributed by atoms with Gasteiger partial charge in [-0.05, 0) is 24.6 Å². The normalized spacial score (nSPS) is 11.8. The van der Waals surface area contributed by atoms with Crippen LogP contribution in [0.25, 0.3) is 0 Å². The number of hydrogen-bond acceptors (Lipinski definition) is 5. The molecule has 0 aliphatic carbocycles. The van der Waals surface area contributed by atoms with Gasteiger partial charge in [-0.3, -0.25) is 9.59 Å². The van der Waals surface area contributed by atoms with Crippen LogP contribution in [0.2, 0.25) is 0 Å². The highest BCUT2D eigenvalue weighted by atomic mass is 16.5. The molecule has 7 nitrogen and oxygen atoms in total. The number of aliphatic hydroxyl groups is 1. The van der Waals surface area contributed by atoms with Gasteiger partial charge < -0.3 is 19.7 Å². The molecule has 23 heavy (non-hydrogen) atoms. The summed E-state index contributed by atoms with van der Waals surface area (Å²) in [6, 6.07) is 7.05. The van der Waals surface area contributed by atoms with Crippen molar-refractivity contribution in [1.29, 1.82) is 0 Å². The Morgan fingerprint density at radius 3 is 2.96 bits per heavy atom. The van der Waals surface area contributed by atoms with Gasteiger partial charge in [-0.1, -0.05) is 12.1 Å². The molecule has 0 unspecified atom stereocenters. The first-order valence-corrected chi connectivity index (χ1v) is 7.22. The molecule has 1 heterocycles. The number of likely N-dealkylation sites (N-methyl/N-ethyl adjacent to an activating group) is 1. The molecule has 2 aromatic rings. The predicted molar refractivity (Wildman–Crippen MR) is 84.4 cm³/mol. The minimum Gasteiger partial charge on any atom is -0.494 e. The highest BCUT2D eigenvalue weighted by Crippen LogP contribution is 2.20. The third-order valence-electron chi connectivity index (χ3n) is 3.30. The van der Waals surface area contributed by atoms with Crippen LogP contribution in [0.15, 0.2) is 41.6 Å². The van der Waals surface area contributed by atoms with Gasteiger partial charge >= 0.3 is 0 Å². The Labute approximate surface area is 133 Å². The molecule has 0 aliphatic heterocycles. The van der Waals surface area contributed by atoms with Crippen molar-refractivity contribution < 1.29 is 14.6 Å². The number of benzene rings is 1. The predicted octanol–water partition coefficient (Wildman–Crippen LogP) is 0.974. The van der Waals surface area contributed by atoms with E-state index in [1.807, 2.05) is 6.92 Å². The number of nitrogens with zero attached hydrogens (tertiary/aromatic N) is 2. The fraction of sp³-hybridized carbons (Fsp3) is 0.312. The summed E-state index contributed by atoms with van der Waals surface area (Å²) < 4.78 is 5.39. The summed E-state index contributed by atoms with van der Waals surface area (Å²) in [7, 11) is 1.52. The van der Waals surface area contributed by atoms with Crippen LogP contribution in [0, 0.1) is 0 Å². The first kappa shape index (κ1) is 16.7. The van der Waals surface area contributed by atoms with Gasteiger partial charge in [0.15, 0.2) is 0 Å². The standard InChI is InChI=1S/C16H19N3O4/c1-3-23-12-6-4-5-11(7-12)14(20)9-19(2)16(22)13-8-17-10-18-15(13)21/h4-8,10,14,20H,3,9H2,1-2H3,(H,17,18,21)/t14-/m0/s1. The summed E-state index contributed by atoms with van der Waals surface area (Å²) in [5.74, 6) is 0.154. The van der Waals surface area contributed by atoms with Gasteiger partial charge in [0.1, 0.15) is 11.3 Å². The topological polar surface area (TPSA) is 95.5 Å². The van der Waals surface area contributed by atoms with Crippen molar-refractivity contribution in [3.05, 3.63) is 58.3 Å². The number of rotatable bonds is 6. The molecule has 1 amide bonds. The lowest BCUT2D eigenvalue weighted by molar-refractivity contribution is 0.0678. The zero-order valence-corrected chi connectivity index (χ0v) is 13.0. The molecular weight excluding hydrogens is 298 g/mol. The highest BCUT2D eigenvalue weighted by Gasteiger charge is 2.19. The minimum atomic E-state index is -0.889. The Kier molecular flexibility index (Phi) is 5.48. The summed E-state index contributed by atoms with van der Waals surface area (Å²) in [5.41, 5.74) is 0.0608. The zero-order chi connectivity index (χ0) is 16.8. The molecule has 0 saturated heterocycles. The van der Waals surface area contributed by atoms with E-state index in [-0.39, 0.29) is 12.1 Å². The molecule has 2 rings (SSSR count). The minimum absolute atomic E-state index is 0.0444. The Balaban J connectivity index is 2.09. The fourth-order valence-electron chi connectivity index (χ4n) is 2.13. The van der Waals surface area contributed by atoms with Gasteiger partial charge in [-0.25, -0.2) is 4.98 Å². The van der Waals surface area contributed by atoms with E-state index < -0.39 is 17.6 Å². The summed E-state index contributed by atoms with van der Waals surface area (Å²) in [4.78, 5) is 31.2. The maximum atomic E-state index is 12.2. The molecule has 7 heteroatoms. The number of carbonyl (C=O) groups excluding carboxylic acids is 1. The number of carbonyl (C=O) groups is 1. The molecule has 0 fully saturated rings. The van der Waals surface area contributed by atoms with Crippen molar-refractivity contribution in [2.24, 2.45) is 0 Å². The van der Waals surface area contributed by atoms with E-state index in [9.17, 15) is 14.7 Å². The molecule has 1 atom stereocenters. The maximum Gasteiger partial charge on any atom is 0.263 e. The number of hydrogen-bond donors (Lipinski definition) is 2. The van der Waals surface area contributed by atoms with Crippen molar-refractivity contribution in [3.8, 4) is 5.75 Å². The van der Waals surface area contributed by atoms with Crippen LogP contribution in [0.5, 0.6) is 5.75 Å². The second-order valence-corrected chi connectivity index (χ2v) is 5.00. The summed E-state index contributed by atoms with van der Waals surface area (Å²) >= 11 is 0. The zero-order valence-electron chi connectivity index (χ0n) is 13.0. The lowest BCUT2D eigenvalue weighted by Gasteiger charge is -2.21. The second-order valence-electron chi connectivity index (χ2n) is 5.00. The quantitative estimate of drug-likeness (QED) is 0.828. The number of nitrogens with one attached hydrogen (secondary N) is 1. The van der Waals surface area contributed by atoms with Crippen LogP contribution < -0.4 is 10.3 Å². The molecule has 122 valence electrons. The van der Waals surface area contributed by atoms with Gasteiger partial charge in [0.2, 0.25) is 0 Å². The van der Waals surface area contributed by atoms with Gasteiger partial charge in [0, 0.05) is 13.2 Å². The molecule has 0 aliphatic rings. The number of aliphatic hydroxyl groups excluding tert-OH is 1. The third-order valence-corrected chi connectivity index (χ3v) is 3.30. The van der Waals surface area contributed by atoms with Crippen LogP contribution in [-0.2, 0) is 0 Å². The van der Waals surface area contributed by atoms with E-state index in [0.717, 1.165) is 0 Å². The molecule has 0 bridgehead atoms. The monoisotopic (exact) mass is 317 g/mol. The first-order valence-electron chi connectivity index (χ1n) is 7.22. The average molecular weight is 317 g/mol. The van der Waals surface area contributed by atoms with Crippen molar-refractivity contribution in [2.75, 3.05) is 20.2 Å². The van der Waals surface area contributed by atoms with Crippen molar-refractivity contribution in [2.45, 2.75) is 13.0 Å². The largest absolute Gasteiger partial charge is 0.494 e. The Morgan fingerprint density at radius 1 is 1.48 bits per heavy atom. The lowest BCUT2D eigenvalue weighted by atomic mass is 10.1. The van der Waals surface area contributed by atoms with Gasteiger partial charge in [0.05, 0.1) is 25.6 Å². The molecule has 0 spiro atoms. The average Bonchev–Trinajstić information content (AvgIpc) is 2.55. The van der Waals surface area contributed by atoms with Crippen LogP contribution in [-0.4, -0.2) is 46.1 Å². The van der Waals surface area contributed by atoms with E-state index in [2.05, 4.69) is 9.97 Å². The first-order chi connectivity index (χ1) is 11.0. The van der Waals surface area contributed by atoms with Gasteiger partial charge in [-0.15, -0.1) is 0 Å². The van der Waals surface area contributed by atoms with Crippen LogP contribution in [0.4, 0.5) is 0 Å². The number of aromatic nitrogens is 2. The molecule has 1 aromatic heterocycles. The van der Waals surface area contributed by atoms with Crippen molar-refractivity contribution in [1.82, 2.24) is 14.9 Å². The molecule has 2 N–H and O–H groups in total.